The molecule has 1 atom stereocenters. The monoisotopic (exact) mass is 476 g/mol. The standard InChI is InChI=1S/C23H20N6O4S/c1-13-6-7-16(8-14(13)2)28-21-19(11-24-28)22(31)27-18(12-34-23(27)26-21)10-20(30)25-15-4-3-5-17(9-15)29(32)33/h3-9,11,18H,10,12H2,1-2H3,(H,25,30). The second-order valence-corrected chi connectivity index (χ2v) is 9.14. The van der Waals surface area contributed by atoms with Crippen LogP contribution in [-0.2, 0) is 4.79 Å². The van der Waals surface area contributed by atoms with Crippen LogP contribution < -0.4 is 10.9 Å². The van der Waals surface area contributed by atoms with Gasteiger partial charge in [-0.05, 0) is 43.2 Å². The molecule has 0 aliphatic carbocycles. The molecular formula is C23H20N6O4S. The van der Waals surface area contributed by atoms with Crippen molar-refractivity contribution >= 4 is 40.1 Å². The minimum atomic E-state index is -0.520. The number of carbonyl (C=O) groups excluding carboxylic acids is 1. The van der Waals surface area contributed by atoms with Crippen LogP contribution in [0.15, 0.2) is 58.6 Å². The lowest BCUT2D eigenvalue weighted by molar-refractivity contribution is -0.384. The van der Waals surface area contributed by atoms with Crippen LogP contribution in [0, 0.1) is 24.0 Å². The van der Waals surface area contributed by atoms with Gasteiger partial charge < -0.3 is 5.32 Å². The summed E-state index contributed by atoms with van der Waals surface area (Å²) in [5, 5.41) is 19.0. The highest BCUT2D eigenvalue weighted by Gasteiger charge is 2.29. The third-order valence-electron chi connectivity index (χ3n) is 5.87. The molecule has 11 heteroatoms. The van der Waals surface area contributed by atoms with Gasteiger partial charge in [-0.2, -0.15) is 5.10 Å². The Balaban J connectivity index is 1.42. The highest BCUT2D eigenvalue weighted by atomic mass is 32.2. The number of rotatable bonds is 5. The van der Waals surface area contributed by atoms with Crippen molar-refractivity contribution in [2.45, 2.75) is 31.5 Å². The molecule has 172 valence electrons. The number of nitro groups is 1. The van der Waals surface area contributed by atoms with Crippen LogP contribution in [0.5, 0.6) is 0 Å². The van der Waals surface area contributed by atoms with Crippen molar-refractivity contribution in [2.24, 2.45) is 0 Å². The van der Waals surface area contributed by atoms with Gasteiger partial charge in [0, 0.05) is 30.0 Å². The van der Waals surface area contributed by atoms with Gasteiger partial charge in [0.2, 0.25) is 5.91 Å². The van der Waals surface area contributed by atoms with E-state index in [1.54, 1.807) is 15.3 Å². The molecule has 1 unspecified atom stereocenters. The molecule has 0 saturated heterocycles. The zero-order valence-electron chi connectivity index (χ0n) is 18.4. The SMILES string of the molecule is Cc1ccc(-n2ncc3c(=O)n4c(nc32)SCC4CC(=O)Nc2cccc([N+](=O)[O-])c2)cc1C. The Labute approximate surface area is 197 Å². The topological polar surface area (TPSA) is 125 Å². The summed E-state index contributed by atoms with van der Waals surface area (Å²) in [4.78, 5) is 41.1. The van der Waals surface area contributed by atoms with Crippen LogP contribution in [0.25, 0.3) is 16.7 Å². The zero-order chi connectivity index (χ0) is 24.0. The Kier molecular flexibility index (Phi) is 5.40. The van der Waals surface area contributed by atoms with Crippen molar-refractivity contribution in [1.29, 1.82) is 0 Å². The highest BCUT2D eigenvalue weighted by Crippen LogP contribution is 2.33. The van der Waals surface area contributed by atoms with Crippen molar-refractivity contribution < 1.29 is 9.72 Å². The maximum atomic E-state index is 13.3. The molecule has 4 aromatic rings. The van der Waals surface area contributed by atoms with Crippen LogP contribution in [0.1, 0.15) is 23.6 Å². The number of non-ortho nitro benzene ring substituents is 1. The molecule has 0 fully saturated rings. The van der Waals surface area contributed by atoms with Gasteiger partial charge in [0.1, 0.15) is 5.39 Å². The molecule has 10 nitrogen and oxygen atoms in total. The molecule has 3 heterocycles. The van der Waals surface area contributed by atoms with Crippen LogP contribution >= 0.6 is 11.8 Å². The van der Waals surface area contributed by atoms with Gasteiger partial charge in [0.25, 0.3) is 11.2 Å². The molecule has 1 aliphatic heterocycles. The lowest BCUT2D eigenvalue weighted by atomic mass is 10.1. The fourth-order valence-corrected chi connectivity index (χ4v) is 5.08. The van der Waals surface area contributed by atoms with E-state index in [9.17, 15) is 19.7 Å². The van der Waals surface area contributed by atoms with Crippen LogP contribution in [0.4, 0.5) is 11.4 Å². The maximum Gasteiger partial charge on any atom is 0.271 e. The lowest BCUT2D eigenvalue weighted by Crippen LogP contribution is -2.27. The molecule has 34 heavy (non-hydrogen) atoms. The molecule has 0 spiro atoms. The highest BCUT2D eigenvalue weighted by molar-refractivity contribution is 7.99. The molecule has 0 radical (unpaired) electrons. The fraction of sp³-hybridized carbons (Fsp3) is 0.217. The first kappa shape index (κ1) is 21.8. The van der Waals surface area contributed by atoms with Crippen LogP contribution in [-0.4, -0.2) is 35.9 Å². The molecular weight excluding hydrogens is 456 g/mol. The number of anilines is 1. The number of carbonyl (C=O) groups is 1. The van der Waals surface area contributed by atoms with E-state index in [0.29, 0.717) is 27.6 Å². The summed E-state index contributed by atoms with van der Waals surface area (Å²) in [5.41, 5.74) is 3.57. The molecule has 0 bridgehead atoms. The van der Waals surface area contributed by atoms with Crippen LogP contribution in [0.2, 0.25) is 0 Å². The number of fused-ring (bicyclic) bond motifs is 2. The molecule has 1 aliphatic rings. The Hall–Kier alpha value is -3.99. The van der Waals surface area contributed by atoms with E-state index in [1.165, 1.54) is 36.2 Å². The summed E-state index contributed by atoms with van der Waals surface area (Å²) in [6, 6.07) is 11.3. The smallest absolute Gasteiger partial charge is 0.271 e. The number of thioether (sulfide) groups is 1. The minimum absolute atomic E-state index is 0.0427. The van der Waals surface area contributed by atoms with Gasteiger partial charge in [-0.25, -0.2) is 9.67 Å². The number of nitro benzene ring substituents is 1. The first-order chi connectivity index (χ1) is 16.3. The third-order valence-corrected chi connectivity index (χ3v) is 6.97. The number of hydrogen-bond acceptors (Lipinski definition) is 7. The average molecular weight is 477 g/mol. The average Bonchev–Trinajstić information content (AvgIpc) is 3.41. The Morgan fingerprint density at radius 2 is 2.06 bits per heavy atom. The number of amides is 1. The second kappa shape index (κ2) is 8.41. The number of nitrogens with one attached hydrogen (secondary N) is 1. The third kappa shape index (κ3) is 3.83. The summed E-state index contributed by atoms with van der Waals surface area (Å²) in [7, 11) is 0. The zero-order valence-corrected chi connectivity index (χ0v) is 19.2. The molecule has 1 N–H and O–H groups in total. The second-order valence-electron chi connectivity index (χ2n) is 8.16. The first-order valence-electron chi connectivity index (χ1n) is 10.6. The Morgan fingerprint density at radius 1 is 1.24 bits per heavy atom. The summed E-state index contributed by atoms with van der Waals surface area (Å²) in [6.45, 7) is 4.05. The normalized spacial score (nSPS) is 14.8. The number of aromatic nitrogens is 4. The van der Waals surface area contributed by atoms with E-state index in [2.05, 4.69) is 10.4 Å². The minimum Gasteiger partial charge on any atom is -0.326 e. The van der Waals surface area contributed by atoms with E-state index in [-0.39, 0.29) is 29.6 Å². The quantitative estimate of drug-likeness (QED) is 0.264. The summed E-state index contributed by atoms with van der Waals surface area (Å²) < 4.78 is 3.21. The number of aryl methyl sites for hydroxylation is 2. The van der Waals surface area contributed by atoms with Crippen LogP contribution in [0.3, 0.4) is 0 Å². The van der Waals surface area contributed by atoms with Crippen molar-refractivity contribution in [1.82, 2.24) is 19.3 Å². The molecule has 2 aromatic heterocycles. The summed E-state index contributed by atoms with van der Waals surface area (Å²) in [5.74, 6) is 0.186. The predicted octanol–water partition coefficient (Wildman–Crippen LogP) is 3.78. The van der Waals surface area contributed by atoms with Crippen molar-refractivity contribution in [3.63, 3.8) is 0 Å². The summed E-state index contributed by atoms with van der Waals surface area (Å²) >= 11 is 1.41. The fourth-order valence-electron chi connectivity index (χ4n) is 3.95. The Morgan fingerprint density at radius 3 is 2.82 bits per heavy atom. The predicted molar refractivity (Wildman–Crippen MR) is 129 cm³/mol. The number of nitrogens with zero attached hydrogens (tertiary/aromatic N) is 5. The Bertz CT molecular complexity index is 1530. The van der Waals surface area contributed by atoms with E-state index in [0.717, 1.165) is 16.8 Å². The van der Waals surface area contributed by atoms with E-state index < -0.39 is 4.92 Å². The molecule has 0 saturated carbocycles. The van der Waals surface area contributed by atoms with Gasteiger partial charge in [0.15, 0.2) is 10.8 Å². The van der Waals surface area contributed by atoms with E-state index in [4.69, 9.17) is 4.98 Å². The van der Waals surface area contributed by atoms with E-state index >= 15 is 0 Å². The largest absolute Gasteiger partial charge is 0.326 e. The van der Waals surface area contributed by atoms with Crippen molar-refractivity contribution in [3.05, 3.63) is 80.3 Å². The van der Waals surface area contributed by atoms with Crippen molar-refractivity contribution in [3.8, 4) is 5.69 Å². The maximum absolute atomic E-state index is 13.3. The van der Waals surface area contributed by atoms with Gasteiger partial charge in [0.05, 0.1) is 22.8 Å². The number of benzene rings is 2. The number of hydrogen-bond donors (Lipinski definition) is 1. The van der Waals surface area contributed by atoms with Gasteiger partial charge in [-0.1, -0.05) is 23.9 Å². The molecule has 5 rings (SSSR count). The van der Waals surface area contributed by atoms with Gasteiger partial charge in [-0.15, -0.1) is 0 Å². The van der Waals surface area contributed by atoms with Gasteiger partial charge in [-0.3, -0.25) is 24.3 Å². The van der Waals surface area contributed by atoms with Gasteiger partial charge >= 0.3 is 0 Å². The molecule has 1 amide bonds. The molecule has 2 aromatic carbocycles. The first-order valence-corrected chi connectivity index (χ1v) is 11.6. The van der Waals surface area contributed by atoms with E-state index in [1.807, 2.05) is 32.0 Å². The van der Waals surface area contributed by atoms with Crippen molar-refractivity contribution in [2.75, 3.05) is 11.1 Å². The lowest BCUT2D eigenvalue weighted by Gasteiger charge is -2.13. The summed E-state index contributed by atoms with van der Waals surface area (Å²) in [6.07, 6.45) is 1.55.